The van der Waals surface area contributed by atoms with Gasteiger partial charge in [-0.1, -0.05) is 6.42 Å². The molecule has 2 N–H and O–H groups in total. The highest BCUT2D eigenvalue weighted by Crippen LogP contribution is 2.62. The molecule has 4 atom stereocenters. The van der Waals surface area contributed by atoms with Crippen LogP contribution in [-0.4, -0.2) is 61.0 Å². The average Bonchev–Trinajstić information content (AvgIpc) is 2.98. The molecular formula is C16H28N2O2. The number of ether oxygens (including phenoxy) is 1. The van der Waals surface area contributed by atoms with E-state index >= 15 is 0 Å². The van der Waals surface area contributed by atoms with E-state index in [1.54, 1.807) is 0 Å². The number of aliphatic hydroxyl groups is 1. The van der Waals surface area contributed by atoms with Gasteiger partial charge in [-0.25, -0.2) is 0 Å². The van der Waals surface area contributed by atoms with Crippen molar-refractivity contribution in [3.05, 3.63) is 0 Å². The number of likely N-dealkylation sites (tertiary alicyclic amines) is 1. The summed E-state index contributed by atoms with van der Waals surface area (Å²) < 4.78 is 5.94. The average molecular weight is 280 g/mol. The number of fused-ring (bicyclic) bond motifs is 2. The first-order chi connectivity index (χ1) is 9.79. The zero-order chi connectivity index (χ0) is 13.6. The maximum atomic E-state index is 10.2. The molecule has 4 nitrogen and oxygen atoms in total. The molecule has 2 saturated heterocycles. The van der Waals surface area contributed by atoms with Crippen LogP contribution >= 0.6 is 0 Å². The highest BCUT2D eigenvalue weighted by molar-refractivity contribution is 5.18. The number of β-amino-alcohol motifs (C(OH)–C–C–N with tert-alkyl or cyclic N) is 1. The molecule has 20 heavy (non-hydrogen) atoms. The second-order valence-corrected chi connectivity index (χ2v) is 7.38. The van der Waals surface area contributed by atoms with E-state index in [9.17, 15) is 5.11 Å². The zero-order valence-electron chi connectivity index (χ0n) is 12.4. The van der Waals surface area contributed by atoms with Gasteiger partial charge in [-0.2, -0.15) is 0 Å². The Morgan fingerprint density at radius 1 is 1.25 bits per heavy atom. The summed E-state index contributed by atoms with van der Waals surface area (Å²) in [5.41, 5.74) is 0.439. The Morgan fingerprint density at radius 3 is 2.75 bits per heavy atom. The summed E-state index contributed by atoms with van der Waals surface area (Å²) in [7, 11) is 0. The van der Waals surface area contributed by atoms with Crippen LogP contribution in [0.2, 0.25) is 0 Å². The Morgan fingerprint density at radius 2 is 2.05 bits per heavy atom. The monoisotopic (exact) mass is 280 g/mol. The lowest BCUT2D eigenvalue weighted by Crippen LogP contribution is -2.71. The molecule has 2 saturated carbocycles. The van der Waals surface area contributed by atoms with Crippen LogP contribution in [0, 0.1) is 11.3 Å². The Kier molecular flexibility index (Phi) is 3.53. The summed E-state index contributed by atoms with van der Waals surface area (Å²) >= 11 is 0. The van der Waals surface area contributed by atoms with Crippen molar-refractivity contribution in [1.82, 2.24) is 10.2 Å². The molecule has 2 heterocycles. The third-order valence-corrected chi connectivity index (χ3v) is 6.28. The minimum atomic E-state index is -0.216. The minimum Gasteiger partial charge on any atom is -0.390 e. The van der Waals surface area contributed by atoms with E-state index in [2.05, 4.69) is 10.2 Å². The fraction of sp³-hybridized carbons (Fsp3) is 1.00. The van der Waals surface area contributed by atoms with Gasteiger partial charge in [-0.3, -0.25) is 0 Å². The molecule has 4 rings (SSSR count). The van der Waals surface area contributed by atoms with Crippen LogP contribution < -0.4 is 5.32 Å². The maximum absolute atomic E-state index is 10.2. The van der Waals surface area contributed by atoms with Gasteiger partial charge >= 0.3 is 0 Å². The summed E-state index contributed by atoms with van der Waals surface area (Å²) in [4.78, 5) is 2.40. The van der Waals surface area contributed by atoms with Crippen LogP contribution in [0.25, 0.3) is 0 Å². The van der Waals surface area contributed by atoms with Crippen molar-refractivity contribution >= 4 is 0 Å². The van der Waals surface area contributed by atoms with Gasteiger partial charge in [0, 0.05) is 37.1 Å². The number of nitrogens with one attached hydrogen (secondary N) is 1. The van der Waals surface area contributed by atoms with Crippen LogP contribution in [0.5, 0.6) is 0 Å². The van der Waals surface area contributed by atoms with E-state index in [1.807, 2.05) is 0 Å². The molecule has 2 aliphatic heterocycles. The highest BCUT2D eigenvalue weighted by atomic mass is 16.5. The van der Waals surface area contributed by atoms with Crippen LogP contribution in [-0.2, 0) is 4.74 Å². The van der Waals surface area contributed by atoms with Crippen molar-refractivity contribution in [3.8, 4) is 0 Å². The third-order valence-electron chi connectivity index (χ3n) is 6.28. The van der Waals surface area contributed by atoms with Crippen molar-refractivity contribution in [1.29, 1.82) is 0 Å². The van der Waals surface area contributed by atoms with Crippen LogP contribution in [0.3, 0.4) is 0 Å². The highest BCUT2D eigenvalue weighted by Gasteiger charge is 2.66. The molecular weight excluding hydrogens is 252 g/mol. The fourth-order valence-corrected chi connectivity index (χ4v) is 5.15. The quantitative estimate of drug-likeness (QED) is 0.788. The predicted molar refractivity (Wildman–Crippen MR) is 77.6 cm³/mol. The van der Waals surface area contributed by atoms with Gasteiger partial charge in [0.15, 0.2) is 0 Å². The maximum Gasteiger partial charge on any atom is 0.0791 e. The van der Waals surface area contributed by atoms with Gasteiger partial charge < -0.3 is 20.1 Å². The van der Waals surface area contributed by atoms with Gasteiger partial charge in [0.2, 0.25) is 0 Å². The van der Waals surface area contributed by atoms with Crippen molar-refractivity contribution in [2.75, 3.05) is 32.8 Å². The smallest absolute Gasteiger partial charge is 0.0791 e. The fourth-order valence-electron chi connectivity index (χ4n) is 5.15. The first-order valence-electron chi connectivity index (χ1n) is 8.55. The summed E-state index contributed by atoms with van der Waals surface area (Å²) in [6.45, 7) is 4.89. The first kappa shape index (κ1) is 13.5. The Labute approximate surface area is 121 Å². The topological polar surface area (TPSA) is 44.7 Å². The van der Waals surface area contributed by atoms with E-state index in [-0.39, 0.29) is 6.10 Å². The molecule has 0 aromatic rings. The lowest BCUT2D eigenvalue weighted by Gasteiger charge is -2.63. The van der Waals surface area contributed by atoms with Gasteiger partial charge in [0.25, 0.3) is 0 Å². The molecule has 2 aliphatic carbocycles. The lowest BCUT2D eigenvalue weighted by molar-refractivity contribution is -0.177. The second kappa shape index (κ2) is 5.24. The van der Waals surface area contributed by atoms with Crippen molar-refractivity contribution in [2.24, 2.45) is 11.3 Å². The van der Waals surface area contributed by atoms with E-state index in [1.165, 1.54) is 51.6 Å². The summed E-state index contributed by atoms with van der Waals surface area (Å²) in [6.07, 6.45) is 8.14. The molecule has 114 valence electrons. The zero-order valence-corrected chi connectivity index (χ0v) is 12.4. The minimum absolute atomic E-state index is 0.216. The number of hydrogen-bond donors (Lipinski definition) is 2. The molecule has 0 aromatic carbocycles. The first-order valence-corrected chi connectivity index (χ1v) is 8.55. The van der Waals surface area contributed by atoms with Crippen molar-refractivity contribution < 1.29 is 9.84 Å². The van der Waals surface area contributed by atoms with Crippen LogP contribution in [0.15, 0.2) is 0 Å². The predicted octanol–water partition coefficient (Wildman–Crippen LogP) is 0.990. The molecule has 4 heteroatoms. The Bertz CT molecular complexity index is 352. The Hall–Kier alpha value is -0.160. The molecule has 0 aromatic heterocycles. The van der Waals surface area contributed by atoms with E-state index < -0.39 is 0 Å². The van der Waals surface area contributed by atoms with Gasteiger partial charge in [-0.15, -0.1) is 0 Å². The number of nitrogens with zero attached hydrogens (tertiary/aromatic N) is 1. The lowest BCUT2D eigenvalue weighted by atomic mass is 9.46. The number of rotatable bonds is 5. The second-order valence-electron chi connectivity index (χ2n) is 7.38. The van der Waals surface area contributed by atoms with Crippen molar-refractivity contribution in [2.45, 2.75) is 56.8 Å². The number of aliphatic hydroxyl groups excluding tert-OH is 1. The van der Waals surface area contributed by atoms with E-state index in [0.717, 1.165) is 19.7 Å². The van der Waals surface area contributed by atoms with E-state index in [0.29, 0.717) is 23.5 Å². The molecule has 0 radical (unpaired) electrons. The molecule has 1 spiro atoms. The van der Waals surface area contributed by atoms with Gasteiger partial charge in [0.05, 0.1) is 12.2 Å². The summed E-state index contributed by atoms with van der Waals surface area (Å²) in [6, 6.07) is 0.608. The molecule has 4 aliphatic rings. The van der Waals surface area contributed by atoms with E-state index in [4.69, 9.17) is 4.74 Å². The normalized spacial score (nSPS) is 40.4. The third kappa shape index (κ3) is 2.04. The SMILES string of the molecule is OC(CNC1C2CCOC2C12CCC2)CN1CCCC1. The Balaban J connectivity index is 1.28. The van der Waals surface area contributed by atoms with Gasteiger partial charge in [0.1, 0.15) is 0 Å². The van der Waals surface area contributed by atoms with Crippen LogP contribution in [0.4, 0.5) is 0 Å². The van der Waals surface area contributed by atoms with Crippen molar-refractivity contribution in [3.63, 3.8) is 0 Å². The largest absolute Gasteiger partial charge is 0.390 e. The summed E-state index contributed by atoms with van der Waals surface area (Å²) in [5, 5.41) is 13.9. The summed E-state index contributed by atoms with van der Waals surface area (Å²) in [5.74, 6) is 0.717. The number of hydrogen-bond acceptors (Lipinski definition) is 4. The van der Waals surface area contributed by atoms with Gasteiger partial charge in [-0.05, 0) is 45.2 Å². The molecule has 4 unspecified atom stereocenters. The molecule has 0 bridgehead atoms. The standard InChI is InChI=1S/C16H28N2O2/c19-12(11-18-7-1-2-8-18)10-17-14-13-4-9-20-15(13)16(14)5-3-6-16/h12-15,17,19H,1-11H2. The molecule has 0 amide bonds. The molecule has 4 fully saturated rings. The van der Waals surface area contributed by atoms with Crippen LogP contribution in [0.1, 0.15) is 38.5 Å².